The van der Waals surface area contributed by atoms with E-state index in [1.807, 2.05) is 24.3 Å². The molecule has 0 radical (unpaired) electrons. The molecule has 0 unspecified atom stereocenters. The van der Waals surface area contributed by atoms with Crippen molar-refractivity contribution in [1.82, 2.24) is 16.1 Å². The van der Waals surface area contributed by atoms with Crippen LogP contribution in [0.4, 0.5) is 4.79 Å². The molecule has 0 fully saturated rings. The lowest BCUT2D eigenvalue weighted by atomic mass is 9.95. The van der Waals surface area contributed by atoms with E-state index in [9.17, 15) is 14.4 Å². The number of hydrogen-bond acceptors (Lipinski definition) is 9. The van der Waals surface area contributed by atoms with Crippen molar-refractivity contribution < 1.29 is 38.1 Å². The third-order valence-electron chi connectivity index (χ3n) is 6.60. The minimum absolute atomic E-state index is 0.178. The number of nitrogens with zero attached hydrogens (tertiary/aromatic N) is 1. The standard InChI is InChI=1S/C32H32Br2N4O8/c1-5-44-31(40)28-18(2)36-32(41)37-29(28)20-8-11-24(25(13-20)42-3)45-17-27(39)38-35-15-21-12-23(34)14-26(43-4)30(21)46-16-19-6-9-22(33)10-7-19/h6-15,29H,5,16-17H2,1-4H3,(H,38,39)(H2,36,37,41)/b35-15+/t29-/m0/s1. The fraction of sp³-hybridized carbons (Fsp3) is 0.250. The minimum Gasteiger partial charge on any atom is -0.493 e. The molecule has 3 aromatic rings. The number of carbonyl (C=O) groups is 3. The van der Waals surface area contributed by atoms with Gasteiger partial charge in [0.05, 0.1) is 38.7 Å². The lowest BCUT2D eigenvalue weighted by Gasteiger charge is -2.28. The molecule has 1 atom stereocenters. The van der Waals surface area contributed by atoms with Crippen LogP contribution in [0.25, 0.3) is 0 Å². The Hall–Kier alpha value is -4.56. The van der Waals surface area contributed by atoms with Gasteiger partial charge in [-0.2, -0.15) is 5.10 Å². The number of hydrogen-bond donors (Lipinski definition) is 3. The van der Waals surface area contributed by atoms with E-state index in [-0.39, 0.29) is 36.9 Å². The average molecular weight is 760 g/mol. The molecule has 3 N–H and O–H groups in total. The SMILES string of the molecule is CCOC(=O)C1=C(C)NC(=O)N[C@H]1c1ccc(OCC(=O)N/N=C/c2cc(Br)cc(OC)c2OCc2ccc(Br)cc2)c(OC)c1. The van der Waals surface area contributed by atoms with Gasteiger partial charge in [0.1, 0.15) is 6.61 Å². The van der Waals surface area contributed by atoms with E-state index < -0.39 is 23.9 Å². The largest absolute Gasteiger partial charge is 0.493 e. The molecule has 3 amide bonds. The zero-order valence-corrected chi connectivity index (χ0v) is 28.6. The summed E-state index contributed by atoms with van der Waals surface area (Å²) in [6, 6.07) is 14.9. The summed E-state index contributed by atoms with van der Waals surface area (Å²) in [6.45, 7) is 3.41. The van der Waals surface area contributed by atoms with Crippen molar-refractivity contribution >= 4 is 56.0 Å². The first kappa shape index (κ1) is 34.3. The Labute approximate surface area is 282 Å². The van der Waals surface area contributed by atoms with Crippen LogP contribution < -0.4 is 35.0 Å². The highest BCUT2D eigenvalue weighted by molar-refractivity contribution is 9.10. The highest BCUT2D eigenvalue weighted by Crippen LogP contribution is 2.36. The molecule has 0 bridgehead atoms. The predicted molar refractivity (Wildman–Crippen MR) is 177 cm³/mol. The molecule has 1 aliphatic rings. The van der Waals surface area contributed by atoms with Gasteiger partial charge in [0.15, 0.2) is 29.6 Å². The zero-order chi connectivity index (χ0) is 33.2. The van der Waals surface area contributed by atoms with Crippen molar-refractivity contribution in [3.8, 4) is 23.0 Å². The topological polar surface area (TPSA) is 146 Å². The maximum atomic E-state index is 12.6. The number of carbonyl (C=O) groups excluding carboxylic acids is 3. The van der Waals surface area contributed by atoms with Crippen molar-refractivity contribution in [3.05, 3.63) is 91.5 Å². The summed E-state index contributed by atoms with van der Waals surface area (Å²) in [5, 5.41) is 9.41. The number of halogens is 2. The molecule has 0 saturated carbocycles. The quantitative estimate of drug-likeness (QED) is 0.117. The van der Waals surface area contributed by atoms with Crippen LogP contribution in [-0.4, -0.2) is 51.6 Å². The molecule has 0 aliphatic carbocycles. The fourth-order valence-corrected chi connectivity index (χ4v) is 5.20. The summed E-state index contributed by atoms with van der Waals surface area (Å²) in [4.78, 5) is 37.4. The van der Waals surface area contributed by atoms with Crippen LogP contribution in [0.1, 0.15) is 36.6 Å². The number of esters is 1. The maximum Gasteiger partial charge on any atom is 0.338 e. The lowest BCUT2D eigenvalue weighted by molar-refractivity contribution is -0.139. The molecule has 12 nitrogen and oxygen atoms in total. The minimum atomic E-state index is -0.784. The number of benzene rings is 3. The number of ether oxygens (including phenoxy) is 5. The van der Waals surface area contributed by atoms with E-state index >= 15 is 0 Å². The Kier molecular flexibility index (Phi) is 12.0. The molecule has 1 heterocycles. The molecule has 3 aromatic carbocycles. The van der Waals surface area contributed by atoms with Gasteiger partial charge in [-0.05, 0) is 61.4 Å². The summed E-state index contributed by atoms with van der Waals surface area (Å²) < 4.78 is 29.6. The number of nitrogens with one attached hydrogen (secondary N) is 3. The molecule has 0 aromatic heterocycles. The van der Waals surface area contributed by atoms with Crippen molar-refractivity contribution in [2.45, 2.75) is 26.5 Å². The summed E-state index contributed by atoms with van der Waals surface area (Å²) in [6.07, 6.45) is 1.45. The van der Waals surface area contributed by atoms with Crippen molar-refractivity contribution in [2.24, 2.45) is 5.10 Å². The van der Waals surface area contributed by atoms with Gasteiger partial charge in [0, 0.05) is 20.2 Å². The van der Waals surface area contributed by atoms with Gasteiger partial charge in [0.2, 0.25) is 0 Å². The molecule has 14 heteroatoms. The molecular formula is C32H32Br2N4O8. The molecule has 0 spiro atoms. The first-order chi connectivity index (χ1) is 22.1. The van der Waals surface area contributed by atoms with Gasteiger partial charge < -0.3 is 34.3 Å². The van der Waals surface area contributed by atoms with Crippen LogP contribution in [-0.2, 0) is 20.9 Å². The van der Waals surface area contributed by atoms with Crippen LogP contribution in [0.5, 0.6) is 23.0 Å². The second kappa shape index (κ2) is 16.1. The number of methoxy groups -OCH3 is 2. The second-order valence-corrected chi connectivity index (χ2v) is 11.6. The summed E-state index contributed by atoms with van der Waals surface area (Å²) >= 11 is 6.88. The monoisotopic (exact) mass is 758 g/mol. The fourth-order valence-electron chi connectivity index (χ4n) is 4.48. The highest BCUT2D eigenvalue weighted by Gasteiger charge is 2.32. The average Bonchev–Trinajstić information content (AvgIpc) is 3.03. The van der Waals surface area contributed by atoms with Gasteiger partial charge in [0.25, 0.3) is 5.91 Å². The summed E-state index contributed by atoms with van der Waals surface area (Å²) in [5.74, 6) is 0.408. The van der Waals surface area contributed by atoms with Gasteiger partial charge in [-0.25, -0.2) is 15.0 Å². The molecule has 46 heavy (non-hydrogen) atoms. The van der Waals surface area contributed by atoms with Crippen molar-refractivity contribution in [3.63, 3.8) is 0 Å². The summed E-state index contributed by atoms with van der Waals surface area (Å²) in [7, 11) is 2.97. The van der Waals surface area contributed by atoms with Gasteiger partial charge in [-0.15, -0.1) is 0 Å². The third kappa shape index (κ3) is 8.79. The first-order valence-corrected chi connectivity index (χ1v) is 15.5. The van der Waals surface area contributed by atoms with E-state index in [0.717, 1.165) is 14.5 Å². The van der Waals surface area contributed by atoms with E-state index in [1.54, 1.807) is 44.2 Å². The summed E-state index contributed by atoms with van der Waals surface area (Å²) in [5.41, 5.74) is 5.16. The number of rotatable bonds is 13. The Morgan fingerprint density at radius 2 is 1.70 bits per heavy atom. The second-order valence-electron chi connectivity index (χ2n) is 9.72. The zero-order valence-electron chi connectivity index (χ0n) is 25.4. The molecule has 4 rings (SSSR count). The van der Waals surface area contributed by atoms with Crippen LogP contribution >= 0.6 is 31.9 Å². The third-order valence-corrected chi connectivity index (χ3v) is 7.59. The van der Waals surface area contributed by atoms with Crippen LogP contribution in [0.3, 0.4) is 0 Å². The Morgan fingerprint density at radius 1 is 0.957 bits per heavy atom. The molecular weight excluding hydrogens is 728 g/mol. The van der Waals surface area contributed by atoms with Gasteiger partial charge >= 0.3 is 12.0 Å². The molecule has 242 valence electrons. The number of amides is 3. The van der Waals surface area contributed by atoms with Crippen LogP contribution in [0.2, 0.25) is 0 Å². The normalized spacial score (nSPS) is 14.3. The lowest BCUT2D eigenvalue weighted by Crippen LogP contribution is -2.45. The van der Waals surface area contributed by atoms with Crippen LogP contribution in [0.15, 0.2) is 79.9 Å². The van der Waals surface area contributed by atoms with E-state index in [1.165, 1.54) is 20.4 Å². The number of urea groups is 1. The Balaban J connectivity index is 1.42. The predicted octanol–water partition coefficient (Wildman–Crippen LogP) is 5.53. The van der Waals surface area contributed by atoms with Crippen molar-refractivity contribution in [2.75, 3.05) is 27.4 Å². The highest BCUT2D eigenvalue weighted by atomic mass is 79.9. The Morgan fingerprint density at radius 3 is 2.39 bits per heavy atom. The number of hydrazone groups is 1. The van der Waals surface area contributed by atoms with E-state index in [0.29, 0.717) is 28.3 Å². The first-order valence-electron chi connectivity index (χ1n) is 14.0. The molecule has 1 aliphatic heterocycles. The maximum absolute atomic E-state index is 12.6. The molecule has 0 saturated heterocycles. The number of allylic oxidation sites excluding steroid dienone is 1. The van der Waals surface area contributed by atoms with E-state index in [2.05, 4.69) is 53.0 Å². The van der Waals surface area contributed by atoms with Gasteiger partial charge in [-0.3, -0.25) is 4.79 Å². The Bertz CT molecular complexity index is 1660. The van der Waals surface area contributed by atoms with Gasteiger partial charge in [-0.1, -0.05) is 50.1 Å². The van der Waals surface area contributed by atoms with Crippen LogP contribution in [0, 0.1) is 0 Å². The van der Waals surface area contributed by atoms with Crippen molar-refractivity contribution in [1.29, 1.82) is 0 Å². The van der Waals surface area contributed by atoms with E-state index in [4.69, 9.17) is 23.7 Å². The smallest absolute Gasteiger partial charge is 0.338 e.